The van der Waals surface area contributed by atoms with Crippen LogP contribution in [0.2, 0.25) is 0 Å². The van der Waals surface area contributed by atoms with Gasteiger partial charge in [-0.25, -0.2) is 4.98 Å². The van der Waals surface area contributed by atoms with Gasteiger partial charge in [-0.2, -0.15) is 5.26 Å². The van der Waals surface area contributed by atoms with Crippen LogP contribution in [-0.2, 0) is 4.79 Å². The molecule has 1 fully saturated rings. The Morgan fingerprint density at radius 2 is 1.96 bits per heavy atom. The minimum atomic E-state index is -0.186. The Bertz CT molecular complexity index is 1110. The van der Waals surface area contributed by atoms with E-state index in [1.807, 2.05) is 24.3 Å². The fourth-order valence-electron chi connectivity index (χ4n) is 2.84. The Morgan fingerprint density at radius 1 is 1.22 bits per heavy atom. The van der Waals surface area contributed by atoms with E-state index in [0.717, 1.165) is 12.8 Å². The predicted molar refractivity (Wildman–Crippen MR) is 105 cm³/mol. The molecular formula is C20H16N4O2S. The van der Waals surface area contributed by atoms with E-state index < -0.39 is 0 Å². The number of benzene rings is 2. The van der Waals surface area contributed by atoms with Crippen molar-refractivity contribution in [1.29, 1.82) is 5.26 Å². The van der Waals surface area contributed by atoms with Crippen LogP contribution in [0, 0.1) is 11.3 Å². The minimum Gasteiger partial charge on any atom is -0.325 e. The Balaban J connectivity index is 1.52. The molecule has 6 nitrogen and oxygen atoms in total. The highest BCUT2D eigenvalue weighted by atomic mass is 32.2. The van der Waals surface area contributed by atoms with Crippen molar-refractivity contribution in [3.05, 3.63) is 64.4 Å². The van der Waals surface area contributed by atoms with Crippen LogP contribution in [0.4, 0.5) is 5.69 Å². The second-order valence-electron chi connectivity index (χ2n) is 6.34. The van der Waals surface area contributed by atoms with E-state index in [0.29, 0.717) is 27.3 Å². The minimum absolute atomic E-state index is 0.0434. The van der Waals surface area contributed by atoms with Crippen molar-refractivity contribution in [2.45, 2.75) is 24.0 Å². The molecule has 0 aliphatic heterocycles. The maximum absolute atomic E-state index is 12.8. The van der Waals surface area contributed by atoms with Crippen LogP contribution in [0.15, 0.2) is 58.5 Å². The van der Waals surface area contributed by atoms with Gasteiger partial charge in [0.15, 0.2) is 5.16 Å². The number of carbonyl (C=O) groups is 1. The van der Waals surface area contributed by atoms with Crippen molar-refractivity contribution >= 4 is 34.3 Å². The van der Waals surface area contributed by atoms with Gasteiger partial charge in [0.05, 0.1) is 28.3 Å². The van der Waals surface area contributed by atoms with Gasteiger partial charge in [-0.15, -0.1) is 0 Å². The summed E-state index contributed by atoms with van der Waals surface area (Å²) in [5.74, 6) is -0.0354. The maximum Gasteiger partial charge on any atom is 0.262 e. The van der Waals surface area contributed by atoms with Crippen molar-refractivity contribution in [2.24, 2.45) is 0 Å². The fourth-order valence-corrected chi connectivity index (χ4v) is 3.70. The number of rotatable bonds is 5. The Hall–Kier alpha value is -3.11. The molecule has 2 aromatic carbocycles. The Kier molecular flexibility index (Phi) is 4.65. The van der Waals surface area contributed by atoms with E-state index >= 15 is 0 Å². The van der Waals surface area contributed by atoms with Gasteiger partial charge < -0.3 is 5.32 Å². The van der Waals surface area contributed by atoms with Gasteiger partial charge in [0, 0.05) is 11.7 Å². The van der Waals surface area contributed by atoms with Crippen LogP contribution in [0.3, 0.4) is 0 Å². The van der Waals surface area contributed by atoms with Crippen LogP contribution in [0.5, 0.6) is 0 Å². The molecule has 27 heavy (non-hydrogen) atoms. The first-order valence-corrected chi connectivity index (χ1v) is 9.58. The summed E-state index contributed by atoms with van der Waals surface area (Å²) in [6.45, 7) is 0. The molecule has 0 atom stereocenters. The van der Waals surface area contributed by atoms with E-state index in [2.05, 4.69) is 10.3 Å². The highest BCUT2D eigenvalue weighted by molar-refractivity contribution is 7.99. The SMILES string of the molecule is N#Cc1ccc(NC(=O)CSc2nc3ccccc3c(=O)n2C2CC2)cc1. The highest BCUT2D eigenvalue weighted by Gasteiger charge is 2.28. The summed E-state index contributed by atoms with van der Waals surface area (Å²) in [6, 6.07) is 16.2. The van der Waals surface area contributed by atoms with Gasteiger partial charge in [-0.05, 0) is 49.2 Å². The second-order valence-corrected chi connectivity index (χ2v) is 7.29. The molecule has 0 saturated heterocycles. The number of hydrogen-bond donors (Lipinski definition) is 1. The molecule has 0 spiro atoms. The van der Waals surface area contributed by atoms with Crippen molar-refractivity contribution in [3.63, 3.8) is 0 Å². The average molecular weight is 376 g/mol. The number of nitrogens with one attached hydrogen (secondary N) is 1. The van der Waals surface area contributed by atoms with E-state index in [1.165, 1.54) is 11.8 Å². The molecule has 3 aromatic rings. The number of nitrogens with zero attached hydrogens (tertiary/aromatic N) is 3. The first-order chi connectivity index (χ1) is 13.2. The Labute approximate surface area is 159 Å². The molecule has 1 amide bonds. The number of amides is 1. The third kappa shape index (κ3) is 3.71. The second kappa shape index (κ2) is 7.25. The molecular weight excluding hydrogens is 360 g/mol. The largest absolute Gasteiger partial charge is 0.325 e. The zero-order valence-corrected chi connectivity index (χ0v) is 15.2. The quantitative estimate of drug-likeness (QED) is 0.545. The number of thioether (sulfide) groups is 1. The summed E-state index contributed by atoms with van der Waals surface area (Å²) in [7, 11) is 0. The molecule has 1 heterocycles. The molecule has 7 heteroatoms. The van der Waals surface area contributed by atoms with Gasteiger partial charge in [-0.3, -0.25) is 14.2 Å². The van der Waals surface area contributed by atoms with Gasteiger partial charge in [0.25, 0.3) is 5.56 Å². The molecule has 1 aliphatic carbocycles. The number of anilines is 1. The number of hydrogen-bond acceptors (Lipinski definition) is 5. The summed E-state index contributed by atoms with van der Waals surface area (Å²) >= 11 is 1.27. The van der Waals surface area contributed by atoms with Crippen molar-refractivity contribution in [1.82, 2.24) is 9.55 Å². The zero-order chi connectivity index (χ0) is 18.8. The highest BCUT2D eigenvalue weighted by Crippen LogP contribution is 2.36. The number of fused-ring (bicyclic) bond motifs is 1. The summed E-state index contributed by atoms with van der Waals surface area (Å²) < 4.78 is 1.72. The monoisotopic (exact) mass is 376 g/mol. The van der Waals surface area contributed by atoms with Gasteiger partial charge in [-0.1, -0.05) is 23.9 Å². The third-order valence-corrected chi connectivity index (χ3v) is 5.27. The molecule has 1 aliphatic rings. The van der Waals surface area contributed by atoms with E-state index in [-0.39, 0.29) is 23.3 Å². The van der Waals surface area contributed by atoms with Crippen molar-refractivity contribution in [3.8, 4) is 6.07 Å². The lowest BCUT2D eigenvalue weighted by Gasteiger charge is -2.12. The zero-order valence-electron chi connectivity index (χ0n) is 14.4. The number of aromatic nitrogens is 2. The molecule has 0 unspecified atom stereocenters. The molecule has 1 aromatic heterocycles. The van der Waals surface area contributed by atoms with E-state index in [1.54, 1.807) is 34.9 Å². The van der Waals surface area contributed by atoms with Gasteiger partial charge in [0.2, 0.25) is 5.91 Å². The smallest absolute Gasteiger partial charge is 0.262 e. The summed E-state index contributed by atoms with van der Waals surface area (Å²) in [5, 5.41) is 12.8. The standard InChI is InChI=1S/C20H16N4O2S/c21-11-13-5-7-14(8-6-13)22-18(25)12-27-20-23-17-4-2-1-3-16(17)19(26)24(20)15-9-10-15/h1-8,15H,9-10,12H2,(H,22,25). The van der Waals surface area contributed by atoms with E-state index in [9.17, 15) is 9.59 Å². The number of para-hydroxylation sites is 1. The molecule has 134 valence electrons. The lowest BCUT2D eigenvalue weighted by atomic mass is 10.2. The third-order valence-electron chi connectivity index (χ3n) is 4.32. The summed E-state index contributed by atoms with van der Waals surface area (Å²) in [5.41, 5.74) is 1.77. The van der Waals surface area contributed by atoms with Crippen LogP contribution < -0.4 is 10.9 Å². The van der Waals surface area contributed by atoms with Crippen LogP contribution >= 0.6 is 11.8 Å². The average Bonchev–Trinajstić information content (AvgIpc) is 3.52. The summed E-state index contributed by atoms with van der Waals surface area (Å²) in [4.78, 5) is 29.7. The number of nitriles is 1. The molecule has 4 rings (SSSR count). The summed E-state index contributed by atoms with van der Waals surface area (Å²) in [6.07, 6.45) is 1.93. The lowest BCUT2D eigenvalue weighted by Crippen LogP contribution is -2.23. The normalized spacial score (nSPS) is 13.3. The van der Waals surface area contributed by atoms with Gasteiger partial charge >= 0.3 is 0 Å². The maximum atomic E-state index is 12.8. The molecule has 1 N–H and O–H groups in total. The van der Waals surface area contributed by atoms with Gasteiger partial charge in [0.1, 0.15) is 0 Å². The fraction of sp³-hybridized carbons (Fsp3) is 0.200. The van der Waals surface area contributed by atoms with E-state index in [4.69, 9.17) is 5.26 Å². The van der Waals surface area contributed by atoms with Crippen molar-refractivity contribution < 1.29 is 4.79 Å². The molecule has 0 radical (unpaired) electrons. The predicted octanol–water partition coefficient (Wildman–Crippen LogP) is 3.33. The first-order valence-electron chi connectivity index (χ1n) is 8.60. The first kappa shape index (κ1) is 17.3. The van der Waals surface area contributed by atoms with Crippen LogP contribution in [0.25, 0.3) is 10.9 Å². The van der Waals surface area contributed by atoms with Crippen LogP contribution in [-0.4, -0.2) is 21.2 Å². The van der Waals surface area contributed by atoms with Crippen molar-refractivity contribution in [2.75, 3.05) is 11.1 Å². The number of carbonyl (C=O) groups excluding carboxylic acids is 1. The molecule has 1 saturated carbocycles. The molecule has 0 bridgehead atoms. The topological polar surface area (TPSA) is 87.8 Å². The van der Waals surface area contributed by atoms with Crippen LogP contribution in [0.1, 0.15) is 24.4 Å². The lowest BCUT2D eigenvalue weighted by molar-refractivity contribution is -0.113. The Morgan fingerprint density at radius 3 is 2.67 bits per heavy atom.